The van der Waals surface area contributed by atoms with Crippen LogP contribution >= 0.6 is 0 Å². The Kier molecular flexibility index (Phi) is 9.11. The number of ether oxygens (including phenoxy) is 1. The van der Waals surface area contributed by atoms with E-state index in [0.717, 1.165) is 51.4 Å². The molecule has 120 valence electrons. The van der Waals surface area contributed by atoms with Crippen LogP contribution in [0.3, 0.4) is 0 Å². The third kappa shape index (κ3) is 6.49. The molecule has 0 fully saturated rings. The van der Waals surface area contributed by atoms with Crippen LogP contribution in [-0.4, -0.2) is 37.7 Å². The number of rotatable bonds is 11. The molecular weight excluding hydrogens is 260 g/mol. The minimum atomic E-state index is 0.427. The van der Waals surface area contributed by atoms with Gasteiger partial charge in [-0.15, -0.1) is 0 Å². The summed E-state index contributed by atoms with van der Waals surface area (Å²) in [6.07, 6.45) is 2.26. The lowest BCUT2D eigenvalue weighted by Gasteiger charge is -2.20. The van der Waals surface area contributed by atoms with Gasteiger partial charge in [0.2, 0.25) is 0 Å². The summed E-state index contributed by atoms with van der Waals surface area (Å²) in [5.74, 6) is 0.983. The second-order valence-electron chi connectivity index (χ2n) is 5.36. The van der Waals surface area contributed by atoms with E-state index in [-0.39, 0.29) is 0 Å². The summed E-state index contributed by atoms with van der Waals surface area (Å²) in [6.45, 7) is 13.8. The average molecular weight is 292 g/mol. The van der Waals surface area contributed by atoms with Gasteiger partial charge in [-0.2, -0.15) is 0 Å². The van der Waals surface area contributed by atoms with Crippen molar-refractivity contribution in [1.82, 2.24) is 10.2 Å². The van der Waals surface area contributed by atoms with E-state index in [1.165, 1.54) is 5.56 Å². The molecule has 0 saturated heterocycles. The average Bonchev–Trinajstić information content (AvgIpc) is 2.53. The molecule has 1 rings (SSSR count). The number of hydrogen-bond acceptors (Lipinski definition) is 3. The van der Waals surface area contributed by atoms with Gasteiger partial charge in [-0.1, -0.05) is 39.8 Å². The number of likely N-dealkylation sites (N-methyl/N-ethyl adjacent to an activating group) is 1. The summed E-state index contributed by atoms with van der Waals surface area (Å²) in [4.78, 5) is 2.38. The Morgan fingerprint density at radius 2 is 1.90 bits per heavy atom. The normalized spacial score (nSPS) is 12.6. The number of nitrogens with zero attached hydrogens (tertiary/aromatic N) is 1. The maximum Gasteiger partial charge on any atom is 0.119 e. The quantitative estimate of drug-likeness (QED) is 0.670. The van der Waals surface area contributed by atoms with Crippen LogP contribution in [0.5, 0.6) is 5.75 Å². The minimum Gasteiger partial charge on any atom is -0.492 e. The molecule has 3 nitrogen and oxygen atoms in total. The second kappa shape index (κ2) is 10.6. The van der Waals surface area contributed by atoms with E-state index in [0.29, 0.717) is 6.04 Å². The highest BCUT2D eigenvalue weighted by Gasteiger charge is 2.09. The van der Waals surface area contributed by atoms with E-state index >= 15 is 0 Å². The van der Waals surface area contributed by atoms with Crippen molar-refractivity contribution in [3.8, 4) is 5.75 Å². The summed E-state index contributed by atoms with van der Waals surface area (Å²) < 4.78 is 5.91. The number of benzene rings is 1. The van der Waals surface area contributed by atoms with Crippen LogP contribution in [0.4, 0.5) is 0 Å². The molecule has 1 atom stereocenters. The highest BCUT2D eigenvalue weighted by molar-refractivity contribution is 5.30. The summed E-state index contributed by atoms with van der Waals surface area (Å²) >= 11 is 0. The fourth-order valence-corrected chi connectivity index (χ4v) is 2.47. The lowest BCUT2D eigenvalue weighted by molar-refractivity contribution is 0.222. The molecule has 3 heteroatoms. The molecular formula is C18H32N2O. The maximum absolute atomic E-state index is 5.91. The zero-order valence-corrected chi connectivity index (χ0v) is 14.2. The monoisotopic (exact) mass is 292 g/mol. The highest BCUT2D eigenvalue weighted by Crippen LogP contribution is 2.21. The third-order valence-electron chi connectivity index (χ3n) is 3.88. The van der Waals surface area contributed by atoms with Gasteiger partial charge in [-0.3, -0.25) is 0 Å². The van der Waals surface area contributed by atoms with Crippen LogP contribution in [0.2, 0.25) is 0 Å². The Balaban J connectivity index is 2.54. The van der Waals surface area contributed by atoms with Gasteiger partial charge < -0.3 is 15.0 Å². The first-order chi connectivity index (χ1) is 10.2. The SMILES string of the molecule is CCCNC(CC)c1cccc(OCCN(CC)CC)c1. The molecule has 0 aliphatic heterocycles. The van der Waals surface area contributed by atoms with Crippen LogP contribution in [-0.2, 0) is 0 Å². The third-order valence-corrected chi connectivity index (χ3v) is 3.88. The molecule has 1 aromatic rings. The Morgan fingerprint density at radius 1 is 1.14 bits per heavy atom. The highest BCUT2D eigenvalue weighted by atomic mass is 16.5. The Morgan fingerprint density at radius 3 is 2.52 bits per heavy atom. The molecule has 21 heavy (non-hydrogen) atoms. The van der Waals surface area contributed by atoms with Gasteiger partial charge >= 0.3 is 0 Å². The first kappa shape index (κ1) is 18.0. The molecule has 0 aliphatic carbocycles. The van der Waals surface area contributed by atoms with Crippen LogP contribution in [0.25, 0.3) is 0 Å². The van der Waals surface area contributed by atoms with Crippen LogP contribution < -0.4 is 10.1 Å². The lowest BCUT2D eigenvalue weighted by atomic mass is 10.0. The molecule has 0 aliphatic rings. The fraction of sp³-hybridized carbons (Fsp3) is 0.667. The summed E-state index contributed by atoms with van der Waals surface area (Å²) in [7, 11) is 0. The minimum absolute atomic E-state index is 0.427. The van der Waals surface area contributed by atoms with Crippen molar-refractivity contribution in [3.63, 3.8) is 0 Å². The predicted octanol–water partition coefficient (Wildman–Crippen LogP) is 3.86. The van der Waals surface area contributed by atoms with Crippen LogP contribution in [0, 0.1) is 0 Å². The predicted molar refractivity (Wildman–Crippen MR) is 91.1 cm³/mol. The van der Waals surface area contributed by atoms with Gasteiger partial charge in [0.25, 0.3) is 0 Å². The van der Waals surface area contributed by atoms with Crippen molar-refractivity contribution < 1.29 is 4.74 Å². The second-order valence-corrected chi connectivity index (χ2v) is 5.36. The molecule has 0 amide bonds. The van der Waals surface area contributed by atoms with Gasteiger partial charge in [0.05, 0.1) is 0 Å². The first-order valence-corrected chi connectivity index (χ1v) is 8.43. The number of hydrogen-bond donors (Lipinski definition) is 1. The standard InChI is InChI=1S/C18H32N2O/c1-5-12-19-18(6-2)16-10-9-11-17(15-16)21-14-13-20(7-3)8-4/h9-11,15,18-19H,5-8,12-14H2,1-4H3. The zero-order chi connectivity index (χ0) is 15.5. The molecule has 1 aromatic carbocycles. The molecule has 1 unspecified atom stereocenters. The molecule has 0 saturated carbocycles. The van der Waals surface area contributed by atoms with Gasteiger partial charge in [0, 0.05) is 12.6 Å². The molecule has 1 N–H and O–H groups in total. The fourth-order valence-electron chi connectivity index (χ4n) is 2.47. The summed E-state index contributed by atoms with van der Waals surface area (Å²) in [6, 6.07) is 8.94. The van der Waals surface area contributed by atoms with Gasteiger partial charge in [0.1, 0.15) is 12.4 Å². The molecule has 0 radical (unpaired) electrons. The van der Waals surface area contributed by atoms with Crippen molar-refractivity contribution in [2.24, 2.45) is 0 Å². The molecule has 0 aromatic heterocycles. The van der Waals surface area contributed by atoms with Gasteiger partial charge in [-0.05, 0) is 50.2 Å². The van der Waals surface area contributed by atoms with Gasteiger partial charge in [-0.25, -0.2) is 0 Å². The number of nitrogens with one attached hydrogen (secondary N) is 1. The smallest absolute Gasteiger partial charge is 0.119 e. The van der Waals surface area contributed by atoms with E-state index in [9.17, 15) is 0 Å². The Bertz CT molecular complexity index is 377. The van der Waals surface area contributed by atoms with Crippen molar-refractivity contribution >= 4 is 0 Å². The van der Waals surface area contributed by atoms with E-state index < -0.39 is 0 Å². The van der Waals surface area contributed by atoms with Crippen molar-refractivity contribution in [1.29, 1.82) is 0 Å². The van der Waals surface area contributed by atoms with Gasteiger partial charge in [0.15, 0.2) is 0 Å². The molecule has 0 spiro atoms. The zero-order valence-electron chi connectivity index (χ0n) is 14.2. The van der Waals surface area contributed by atoms with Crippen LogP contribution in [0.1, 0.15) is 52.1 Å². The summed E-state index contributed by atoms with van der Waals surface area (Å²) in [5.41, 5.74) is 1.33. The van der Waals surface area contributed by atoms with Crippen molar-refractivity contribution in [2.75, 3.05) is 32.8 Å². The Hall–Kier alpha value is -1.06. The maximum atomic E-state index is 5.91. The van der Waals surface area contributed by atoms with E-state index in [1.807, 2.05) is 0 Å². The lowest BCUT2D eigenvalue weighted by Crippen LogP contribution is -2.28. The van der Waals surface area contributed by atoms with E-state index in [2.05, 4.69) is 62.2 Å². The first-order valence-electron chi connectivity index (χ1n) is 8.43. The summed E-state index contributed by atoms with van der Waals surface area (Å²) in [5, 5.41) is 3.59. The molecule has 0 bridgehead atoms. The van der Waals surface area contributed by atoms with Crippen molar-refractivity contribution in [2.45, 2.75) is 46.6 Å². The van der Waals surface area contributed by atoms with Crippen molar-refractivity contribution in [3.05, 3.63) is 29.8 Å². The largest absolute Gasteiger partial charge is 0.492 e. The van der Waals surface area contributed by atoms with E-state index in [1.54, 1.807) is 0 Å². The van der Waals surface area contributed by atoms with E-state index in [4.69, 9.17) is 4.74 Å². The topological polar surface area (TPSA) is 24.5 Å². The Labute approximate surface area is 130 Å². The molecule has 0 heterocycles. The van der Waals surface area contributed by atoms with Crippen LogP contribution in [0.15, 0.2) is 24.3 Å².